The highest BCUT2D eigenvalue weighted by molar-refractivity contribution is 7.14. The Labute approximate surface area is 158 Å². The van der Waals surface area contributed by atoms with Crippen LogP contribution < -0.4 is 4.90 Å². The van der Waals surface area contributed by atoms with E-state index < -0.39 is 0 Å². The summed E-state index contributed by atoms with van der Waals surface area (Å²) < 4.78 is 0. The molecule has 0 saturated heterocycles. The lowest BCUT2D eigenvalue weighted by atomic mass is 9.84. The van der Waals surface area contributed by atoms with Crippen LogP contribution in [-0.4, -0.2) is 17.4 Å². The van der Waals surface area contributed by atoms with Crippen molar-refractivity contribution < 1.29 is 4.79 Å². The van der Waals surface area contributed by atoms with Crippen LogP contribution >= 0.6 is 11.3 Å². The van der Waals surface area contributed by atoms with Gasteiger partial charge >= 0.3 is 0 Å². The molecule has 0 N–H and O–H groups in total. The number of rotatable bonds is 6. The van der Waals surface area contributed by atoms with Crippen molar-refractivity contribution in [2.24, 2.45) is 5.92 Å². The van der Waals surface area contributed by atoms with Crippen molar-refractivity contribution >= 4 is 22.4 Å². The van der Waals surface area contributed by atoms with Gasteiger partial charge in [0, 0.05) is 23.4 Å². The molecule has 2 aromatic carbocycles. The van der Waals surface area contributed by atoms with Crippen molar-refractivity contribution in [2.75, 3.05) is 11.4 Å². The minimum absolute atomic E-state index is 0.176. The van der Waals surface area contributed by atoms with Crippen LogP contribution in [0.15, 0.2) is 66.0 Å². The van der Waals surface area contributed by atoms with Gasteiger partial charge in [-0.05, 0) is 24.8 Å². The van der Waals surface area contributed by atoms with Crippen molar-refractivity contribution in [1.29, 1.82) is 0 Å². The Kier molecular flexibility index (Phi) is 5.12. The van der Waals surface area contributed by atoms with Crippen LogP contribution in [-0.2, 0) is 11.2 Å². The van der Waals surface area contributed by atoms with E-state index in [-0.39, 0.29) is 11.8 Å². The van der Waals surface area contributed by atoms with Gasteiger partial charge in [-0.1, -0.05) is 67.1 Å². The van der Waals surface area contributed by atoms with Crippen LogP contribution in [0.4, 0.5) is 5.13 Å². The van der Waals surface area contributed by atoms with E-state index in [9.17, 15) is 4.79 Å². The maximum atomic E-state index is 13.0. The second-order valence-electron chi connectivity index (χ2n) is 6.73. The molecule has 1 amide bonds. The van der Waals surface area contributed by atoms with Crippen molar-refractivity contribution in [3.63, 3.8) is 0 Å². The van der Waals surface area contributed by atoms with Crippen LogP contribution in [0.3, 0.4) is 0 Å². The van der Waals surface area contributed by atoms with Crippen molar-refractivity contribution in [3.05, 3.63) is 71.6 Å². The molecule has 0 bridgehead atoms. The topological polar surface area (TPSA) is 33.2 Å². The molecule has 3 aromatic rings. The molecule has 0 spiro atoms. The maximum Gasteiger partial charge on any atom is 0.231 e. The largest absolute Gasteiger partial charge is 0.288 e. The number of carbonyl (C=O) groups is 1. The SMILES string of the molecule is O=C(C1CCC1)N(CCc1ccccc1)c1nc(-c2ccccc2)cs1. The summed E-state index contributed by atoms with van der Waals surface area (Å²) in [6.45, 7) is 0.682. The molecule has 0 unspecified atom stereocenters. The van der Waals surface area contributed by atoms with Gasteiger partial charge in [0.25, 0.3) is 0 Å². The Balaban J connectivity index is 1.56. The molecular weight excluding hydrogens is 340 g/mol. The highest BCUT2D eigenvalue weighted by Gasteiger charge is 2.31. The third kappa shape index (κ3) is 3.70. The van der Waals surface area contributed by atoms with Crippen molar-refractivity contribution in [3.8, 4) is 11.3 Å². The van der Waals surface area contributed by atoms with Gasteiger partial charge in [0.05, 0.1) is 5.69 Å². The fourth-order valence-electron chi connectivity index (χ4n) is 3.19. The third-order valence-electron chi connectivity index (χ3n) is 4.98. The summed E-state index contributed by atoms with van der Waals surface area (Å²) in [5.74, 6) is 0.413. The predicted molar refractivity (Wildman–Crippen MR) is 107 cm³/mol. The molecule has 4 rings (SSSR count). The molecular formula is C22H22N2OS. The third-order valence-corrected chi connectivity index (χ3v) is 5.84. The Bertz CT molecular complexity index is 856. The van der Waals surface area contributed by atoms with Gasteiger partial charge in [-0.3, -0.25) is 9.69 Å². The van der Waals surface area contributed by atoms with Gasteiger partial charge in [0.15, 0.2) is 5.13 Å². The zero-order chi connectivity index (χ0) is 17.8. The lowest BCUT2D eigenvalue weighted by Crippen LogP contribution is -2.40. The molecule has 132 valence electrons. The second kappa shape index (κ2) is 7.83. The summed E-state index contributed by atoms with van der Waals surface area (Å²) in [4.78, 5) is 19.7. The number of nitrogens with zero attached hydrogens (tertiary/aromatic N) is 2. The Morgan fingerprint density at radius 3 is 2.38 bits per heavy atom. The normalized spacial score (nSPS) is 14.0. The lowest BCUT2D eigenvalue weighted by Gasteiger charge is -2.30. The maximum absolute atomic E-state index is 13.0. The number of thiazole rings is 1. The average molecular weight is 362 g/mol. The summed E-state index contributed by atoms with van der Waals surface area (Å²) in [5.41, 5.74) is 3.28. The van der Waals surface area contributed by atoms with Crippen LogP contribution in [0.25, 0.3) is 11.3 Å². The molecule has 4 heteroatoms. The zero-order valence-corrected chi connectivity index (χ0v) is 15.5. The van der Waals surface area contributed by atoms with E-state index in [1.54, 1.807) is 11.3 Å². The Morgan fingerprint density at radius 2 is 1.73 bits per heavy atom. The van der Waals surface area contributed by atoms with Crippen molar-refractivity contribution in [1.82, 2.24) is 4.98 Å². The zero-order valence-electron chi connectivity index (χ0n) is 14.7. The molecule has 1 aliphatic rings. The standard InChI is InChI=1S/C22H22N2OS/c25-21(19-12-7-13-19)24(15-14-17-8-3-1-4-9-17)22-23-20(16-26-22)18-10-5-2-6-11-18/h1-6,8-11,16,19H,7,12-15H2. The molecule has 26 heavy (non-hydrogen) atoms. The fourth-order valence-corrected chi connectivity index (χ4v) is 4.06. The van der Waals surface area contributed by atoms with E-state index in [0.29, 0.717) is 6.54 Å². The summed E-state index contributed by atoms with van der Waals surface area (Å²) in [6.07, 6.45) is 4.03. The van der Waals surface area contributed by atoms with Gasteiger partial charge in [0.2, 0.25) is 5.91 Å². The highest BCUT2D eigenvalue weighted by atomic mass is 32.1. The minimum Gasteiger partial charge on any atom is -0.288 e. The number of aromatic nitrogens is 1. The molecule has 1 heterocycles. The van der Waals surface area contributed by atoms with Crippen LogP contribution in [0.1, 0.15) is 24.8 Å². The summed E-state index contributed by atoms with van der Waals surface area (Å²) in [6, 6.07) is 20.5. The molecule has 1 fully saturated rings. The van der Waals surface area contributed by atoms with Crippen LogP contribution in [0.2, 0.25) is 0 Å². The van der Waals surface area contributed by atoms with Crippen LogP contribution in [0, 0.1) is 5.92 Å². The van der Waals surface area contributed by atoms with E-state index in [1.165, 1.54) is 5.56 Å². The number of anilines is 1. The quantitative estimate of drug-likeness (QED) is 0.605. The second-order valence-corrected chi connectivity index (χ2v) is 7.57. The number of hydrogen-bond donors (Lipinski definition) is 0. The molecule has 0 radical (unpaired) electrons. The van der Waals surface area contributed by atoms with E-state index in [0.717, 1.165) is 42.1 Å². The molecule has 1 aliphatic carbocycles. The number of carbonyl (C=O) groups excluding carboxylic acids is 1. The Morgan fingerprint density at radius 1 is 1.04 bits per heavy atom. The van der Waals surface area contributed by atoms with Crippen molar-refractivity contribution in [2.45, 2.75) is 25.7 Å². The van der Waals surface area contributed by atoms with Gasteiger partial charge in [0.1, 0.15) is 0 Å². The first kappa shape index (κ1) is 17.0. The molecule has 3 nitrogen and oxygen atoms in total. The lowest BCUT2D eigenvalue weighted by molar-refractivity contribution is -0.124. The van der Waals surface area contributed by atoms with Gasteiger partial charge < -0.3 is 0 Å². The fraction of sp³-hybridized carbons (Fsp3) is 0.273. The summed E-state index contributed by atoms with van der Waals surface area (Å²) in [5, 5.41) is 2.87. The number of amides is 1. The monoisotopic (exact) mass is 362 g/mol. The first-order valence-corrected chi connectivity index (χ1v) is 10.1. The molecule has 1 saturated carbocycles. The summed E-state index contributed by atoms with van der Waals surface area (Å²) >= 11 is 1.56. The average Bonchev–Trinajstić information content (AvgIpc) is 3.12. The molecule has 1 aromatic heterocycles. The van der Waals surface area contributed by atoms with Crippen LogP contribution in [0.5, 0.6) is 0 Å². The van der Waals surface area contributed by atoms with Gasteiger partial charge in [-0.2, -0.15) is 0 Å². The molecule has 0 aliphatic heterocycles. The number of benzene rings is 2. The van der Waals surface area contributed by atoms with Gasteiger partial charge in [-0.25, -0.2) is 4.98 Å². The highest BCUT2D eigenvalue weighted by Crippen LogP contribution is 2.33. The van der Waals surface area contributed by atoms with E-state index in [2.05, 4.69) is 24.3 Å². The Hall–Kier alpha value is -2.46. The first-order valence-electron chi connectivity index (χ1n) is 9.17. The van der Waals surface area contributed by atoms with E-state index in [1.807, 2.05) is 46.7 Å². The van der Waals surface area contributed by atoms with E-state index >= 15 is 0 Å². The first-order chi connectivity index (χ1) is 12.8. The number of hydrogen-bond acceptors (Lipinski definition) is 3. The van der Waals surface area contributed by atoms with E-state index in [4.69, 9.17) is 4.98 Å². The smallest absolute Gasteiger partial charge is 0.231 e. The minimum atomic E-state index is 0.176. The summed E-state index contributed by atoms with van der Waals surface area (Å²) in [7, 11) is 0. The predicted octanol–water partition coefficient (Wildman–Crippen LogP) is 5.19. The van der Waals surface area contributed by atoms with Gasteiger partial charge in [-0.15, -0.1) is 11.3 Å². The molecule has 0 atom stereocenters.